The number of hydrogen-bond donors (Lipinski definition) is 0. The molecule has 5 nitrogen and oxygen atoms in total. The molecule has 1 aromatic rings. The van der Waals surface area contributed by atoms with Crippen LogP contribution in [-0.4, -0.2) is 17.5 Å². The SMILES string of the molecule is CCOC(=O)[C@@]1(C)C=C(C)C=C(C)[C@@H]1c1ccc([N+](=O)[O-])cc1. The monoisotopic (exact) mass is 315 g/mol. The molecule has 0 amide bonds. The summed E-state index contributed by atoms with van der Waals surface area (Å²) in [6.07, 6.45) is 3.96. The third-order valence-electron chi connectivity index (χ3n) is 4.19. The quantitative estimate of drug-likeness (QED) is 0.475. The van der Waals surface area contributed by atoms with Gasteiger partial charge in [0.25, 0.3) is 5.69 Å². The van der Waals surface area contributed by atoms with Crippen molar-refractivity contribution in [1.82, 2.24) is 0 Å². The van der Waals surface area contributed by atoms with Gasteiger partial charge in [-0.1, -0.05) is 35.4 Å². The highest BCUT2D eigenvalue weighted by Gasteiger charge is 2.44. The van der Waals surface area contributed by atoms with Crippen molar-refractivity contribution in [2.45, 2.75) is 33.6 Å². The van der Waals surface area contributed by atoms with E-state index in [1.54, 1.807) is 19.1 Å². The maximum atomic E-state index is 12.6. The zero-order valence-corrected chi connectivity index (χ0v) is 13.8. The first kappa shape index (κ1) is 16.9. The average molecular weight is 315 g/mol. The fraction of sp³-hybridized carbons (Fsp3) is 0.389. The minimum Gasteiger partial charge on any atom is -0.465 e. The van der Waals surface area contributed by atoms with Crippen LogP contribution in [0.3, 0.4) is 0 Å². The van der Waals surface area contributed by atoms with Crippen molar-refractivity contribution < 1.29 is 14.5 Å². The van der Waals surface area contributed by atoms with E-state index in [4.69, 9.17) is 4.74 Å². The van der Waals surface area contributed by atoms with Crippen LogP contribution in [0.1, 0.15) is 39.2 Å². The largest absolute Gasteiger partial charge is 0.465 e. The number of nitro benzene ring substituents is 1. The number of allylic oxidation sites excluding steroid dienone is 3. The van der Waals surface area contributed by atoms with Gasteiger partial charge in [-0.2, -0.15) is 0 Å². The molecule has 1 aliphatic carbocycles. The number of benzene rings is 1. The predicted octanol–water partition coefficient (Wildman–Crippen LogP) is 4.15. The van der Waals surface area contributed by atoms with Crippen molar-refractivity contribution in [3.63, 3.8) is 0 Å². The fourth-order valence-corrected chi connectivity index (χ4v) is 3.37. The van der Waals surface area contributed by atoms with E-state index in [1.807, 2.05) is 32.9 Å². The van der Waals surface area contributed by atoms with Gasteiger partial charge in [0.1, 0.15) is 0 Å². The lowest BCUT2D eigenvalue weighted by Crippen LogP contribution is -2.37. The molecule has 1 aliphatic rings. The Balaban J connectivity index is 2.49. The molecule has 0 spiro atoms. The number of non-ortho nitro benzene ring substituents is 1. The van der Waals surface area contributed by atoms with Gasteiger partial charge in [0.2, 0.25) is 0 Å². The second-order valence-electron chi connectivity index (χ2n) is 6.06. The molecule has 2 atom stereocenters. The van der Waals surface area contributed by atoms with Gasteiger partial charge in [-0.05, 0) is 33.3 Å². The Morgan fingerprint density at radius 2 is 1.91 bits per heavy atom. The number of esters is 1. The van der Waals surface area contributed by atoms with Gasteiger partial charge in [0, 0.05) is 18.1 Å². The van der Waals surface area contributed by atoms with E-state index in [-0.39, 0.29) is 17.6 Å². The van der Waals surface area contributed by atoms with Crippen molar-refractivity contribution in [3.8, 4) is 0 Å². The zero-order valence-electron chi connectivity index (χ0n) is 13.8. The number of rotatable bonds is 4. The smallest absolute Gasteiger partial charge is 0.316 e. The van der Waals surface area contributed by atoms with Crippen LogP contribution in [0, 0.1) is 15.5 Å². The van der Waals surface area contributed by atoms with Crippen molar-refractivity contribution in [2.24, 2.45) is 5.41 Å². The molecule has 0 saturated heterocycles. The van der Waals surface area contributed by atoms with E-state index in [9.17, 15) is 14.9 Å². The first-order valence-electron chi connectivity index (χ1n) is 7.58. The minimum absolute atomic E-state index is 0.0377. The number of hydrogen-bond acceptors (Lipinski definition) is 4. The Bertz CT molecular complexity index is 687. The van der Waals surface area contributed by atoms with E-state index >= 15 is 0 Å². The van der Waals surface area contributed by atoms with Crippen LogP contribution >= 0.6 is 0 Å². The van der Waals surface area contributed by atoms with E-state index in [1.165, 1.54) is 12.1 Å². The van der Waals surface area contributed by atoms with Gasteiger partial charge < -0.3 is 4.74 Å². The third kappa shape index (κ3) is 3.18. The summed E-state index contributed by atoms with van der Waals surface area (Å²) in [5, 5.41) is 10.8. The third-order valence-corrected chi connectivity index (χ3v) is 4.19. The average Bonchev–Trinajstić information content (AvgIpc) is 2.47. The van der Waals surface area contributed by atoms with Crippen molar-refractivity contribution in [3.05, 3.63) is 63.2 Å². The first-order valence-corrected chi connectivity index (χ1v) is 7.58. The normalized spacial score (nSPS) is 23.7. The highest BCUT2D eigenvalue weighted by atomic mass is 16.6. The van der Waals surface area contributed by atoms with Crippen LogP contribution in [0.5, 0.6) is 0 Å². The Morgan fingerprint density at radius 1 is 1.30 bits per heavy atom. The summed E-state index contributed by atoms with van der Waals surface area (Å²) in [6, 6.07) is 6.37. The molecule has 0 saturated carbocycles. The molecule has 0 bridgehead atoms. The molecule has 0 aromatic heterocycles. The maximum Gasteiger partial charge on any atom is 0.316 e. The molecule has 23 heavy (non-hydrogen) atoms. The van der Waals surface area contributed by atoms with Gasteiger partial charge in [-0.25, -0.2) is 0 Å². The second kappa shape index (κ2) is 6.36. The molecule has 0 unspecified atom stereocenters. The maximum absolute atomic E-state index is 12.6. The summed E-state index contributed by atoms with van der Waals surface area (Å²) < 4.78 is 5.28. The van der Waals surface area contributed by atoms with Gasteiger partial charge in [0.05, 0.1) is 16.9 Å². The van der Waals surface area contributed by atoms with E-state index in [0.717, 1.165) is 16.7 Å². The molecule has 0 radical (unpaired) electrons. The highest BCUT2D eigenvalue weighted by Crippen LogP contribution is 2.47. The molecule has 122 valence electrons. The van der Waals surface area contributed by atoms with Crippen LogP contribution in [0.4, 0.5) is 5.69 Å². The van der Waals surface area contributed by atoms with E-state index in [0.29, 0.717) is 6.61 Å². The molecule has 2 rings (SSSR count). The highest BCUT2D eigenvalue weighted by molar-refractivity contribution is 5.82. The summed E-state index contributed by atoms with van der Waals surface area (Å²) in [6.45, 7) is 7.88. The van der Waals surface area contributed by atoms with E-state index < -0.39 is 10.3 Å². The lowest BCUT2D eigenvalue weighted by atomic mass is 9.66. The number of carbonyl (C=O) groups is 1. The van der Waals surface area contributed by atoms with Gasteiger partial charge in [-0.3, -0.25) is 14.9 Å². The number of ether oxygens (including phenoxy) is 1. The molecule has 1 aromatic carbocycles. The van der Waals surface area contributed by atoms with Crippen LogP contribution in [0.2, 0.25) is 0 Å². The summed E-state index contributed by atoms with van der Waals surface area (Å²) in [5.74, 6) is -0.485. The lowest BCUT2D eigenvalue weighted by molar-refractivity contribution is -0.384. The van der Waals surface area contributed by atoms with Gasteiger partial charge >= 0.3 is 5.97 Å². The summed E-state index contributed by atoms with van der Waals surface area (Å²) in [5.41, 5.74) is 2.12. The Labute approximate surface area is 135 Å². The van der Waals surface area contributed by atoms with Crippen molar-refractivity contribution in [2.75, 3.05) is 6.61 Å². The number of carbonyl (C=O) groups excluding carboxylic acids is 1. The Morgan fingerprint density at radius 3 is 2.43 bits per heavy atom. The van der Waals surface area contributed by atoms with Crippen molar-refractivity contribution in [1.29, 1.82) is 0 Å². The standard InChI is InChI=1S/C18H21NO4/c1-5-23-17(20)18(4)11-12(2)10-13(3)16(18)14-6-8-15(9-7-14)19(21)22/h6-11,16H,5H2,1-4H3/t16-,18+/m1/s1. The summed E-state index contributed by atoms with van der Waals surface area (Å²) in [4.78, 5) is 23.0. The number of nitrogens with zero attached hydrogens (tertiary/aromatic N) is 1. The van der Waals surface area contributed by atoms with Gasteiger partial charge in [-0.15, -0.1) is 0 Å². The van der Waals surface area contributed by atoms with E-state index in [2.05, 4.69) is 0 Å². The Kier molecular flexibility index (Phi) is 4.68. The number of nitro groups is 1. The fourth-order valence-electron chi connectivity index (χ4n) is 3.37. The minimum atomic E-state index is -0.824. The van der Waals surface area contributed by atoms with Gasteiger partial charge in [0.15, 0.2) is 0 Å². The lowest BCUT2D eigenvalue weighted by Gasteiger charge is -2.37. The molecule has 0 N–H and O–H groups in total. The molecular formula is C18H21NO4. The predicted molar refractivity (Wildman–Crippen MR) is 88.1 cm³/mol. The summed E-state index contributed by atoms with van der Waals surface area (Å²) >= 11 is 0. The van der Waals surface area contributed by atoms with Crippen LogP contribution in [0.15, 0.2) is 47.6 Å². The Hall–Kier alpha value is -2.43. The van der Waals surface area contributed by atoms with Crippen LogP contribution < -0.4 is 0 Å². The first-order chi connectivity index (χ1) is 10.8. The molecule has 0 fully saturated rings. The molecular weight excluding hydrogens is 294 g/mol. The molecule has 0 aliphatic heterocycles. The molecule has 0 heterocycles. The second-order valence-corrected chi connectivity index (χ2v) is 6.06. The zero-order chi connectivity index (χ0) is 17.2. The summed E-state index contributed by atoms with van der Waals surface area (Å²) in [7, 11) is 0. The van der Waals surface area contributed by atoms with Crippen LogP contribution in [0.25, 0.3) is 0 Å². The molecule has 5 heteroatoms. The van der Waals surface area contributed by atoms with Crippen LogP contribution in [-0.2, 0) is 9.53 Å². The van der Waals surface area contributed by atoms with Crippen molar-refractivity contribution >= 4 is 11.7 Å². The topological polar surface area (TPSA) is 69.4 Å².